The second-order valence-electron chi connectivity index (χ2n) is 3.79. The second-order valence-corrected chi connectivity index (χ2v) is 3.79. The lowest BCUT2D eigenvalue weighted by Gasteiger charge is -2.14. The topological polar surface area (TPSA) is 63.6 Å². The fraction of sp³-hybridized carbons (Fsp3) is 0.385. The van der Waals surface area contributed by atoms with Crippen LogP contribution >= 0.6 is 0 Å². The van der Waals surface area contributed by atoms with E-state index in [-0.39, 0.29) is 19.4 Å². The average molecular weight is 254 g/mol. The molecule has 1 rings (SSSR count). The summed E-state index contributed by atoms with van der Waals surface area (Å²) in [5.41, 5.74) is 0.566. The normalized spacial score (nSPS) is 11.9. The molecule has 0 aromatic heterocycles. The molecule has 4 nitrogen and oxygen atoms in total. The van der Waals surface area contributed by atoms with Crippen molar-refractivity contribution in [3.8, 4) is 0 Å². The number of halogens is 1. The van der Waals surface area contributed by atoms with Gasteiger partial charge in [-0.25, -0.2) is 4.39 Å². The molecule has 5 heteroatoms. The molecule has 1 N–H and O–H groups in total. The van der Waals surface area contributed by atoms with Crippen molar-refractivity contribution in [2.75, 3.05) is 6.61 Å². The third-order valence-corrected chi connectivity index (χ3v) is 2.49. The predicted octanol–water partition coefficient (Wildman–Crippen LogP) is 2.34. The van der Waals surface area contributed by atoms with E-state index in [2.05, 4.69) is 0 Å². The van der Waals surface area contributed by atoms with Gasteiger partial charge in [0, 0.05) is 6.42 Å². The molecular formula is C13H15FO4. The van der Waals surface area contributed by atoms with Crippen molar-refractivity contribution >= 4 is 11.9 Å². The minimum absolute atomic E-state index is 0.138. The maximum Gasteiger partial charge on any atom is 0.313 e. The Morgan fingerprint density at radius 1 is 1.33 bits per heavy atom. The van der Waals surface area contributed by atoms with Crippen molar-refractivity contribution in [1.82, 2.24) is 0 Å². The summed E-state index contributed by atoms with van der Waals surface area (Å²) >= 11 is 0. The van der Waals surface area contributed by atoms with Crippen LogP contribution in [-0.4, -0.2) is 23.7 Å². The Morgan fingerprint density at radius 3 is 2.44 bits per heavy atom. The van der Waals surface area contributed by atoms with E-state index >= 15 is 0 Å². The Balaban J connectivity index is 2.85. The average Bonchev–Trinajstić information content (AvgIpc) is 2.31. The summed E-state index contributed by atoms with van der Waals surface area (Å²) in [6.45, 7) is 1.90. The molecule has 98 valence electrons. The van der Waals surface area contributed by atoms with Gasteiger partial charge < -0.3 is 9.84 Å². The number of ether oxygens (including phenoxy) is 1. The largest absolute Gasteiger partial charge is 0.481 e. The lowest BCUT2D eigenvalue weighted by atomic mass is 9.94. The quantitative estimate of drug-likeness (QED) is 0.791. The number of carboxylic acids is 1. The Morgan fingerprint density at radius 2 is 1.94 bits per heavy atom. The maximum absolute atomic E-state index is 12.8. The zero-order valence-corrected chi connectivity index (χ0v) is 10.1. The number of hydrogen-bond acceptors (Lipinski definition) is 3. The van der Waals surface area contributed by atoms with Gasteiger partial charge in [-0.3, -0.25) is 9.59 Å². The number of carbonyl (C=O) groups is 2. The Bertz CT molecular complexity index is 414. The van der Waals surface area contributed by atoms with Crippen molar-refractivity contribution in [2.45, 2.75) is 25.7 Å². The van der Waals surface area contributed by atoms with Crippen LogP contribution in [0.1, 0.15) is 31.2 Å². The minimum Gasteiger partial charge on any atom is -0.481 e. The lowest BCUT2D eigenvalue weighted by Crippen LogP contribution is -2.17. The maximum atomic E-state index is 12.8. The Labute approximate surface area is 104 Å². The summed E-state index contributed by atoms with van der Waals surface area (Å²) in [5.74, 6) is -2.53. The van der Waals surface area contributed by atoms with Crippen molar-refractivity contribution < 1.29 is 23.8 Å². The van der Waals surface area contributed by atoms with Crippen molar-refractivity contribution in [2.24, 2.45) is 0 Å². The van der Waals surface area contributed by atoms with Crippen LogP contribution in [0.3, 0.4) is 0 Å². The highest BCUT2D eigenvalue weighted by atomic mass is 19.1. The highest BCUT2D eigenvalue weighted by molar-refractivity contribution is 5.79. The first kappa shape index (κ1) is 14.2. The third kappa shape index (κ3) is 4.16. The standard InChI is InChI=1S/C13H15FO4/c1-2-18-13(17)11(7-8-12(15)16)9-3-5-10(14)6-4-9/h3-6,11H,2,7-8H2,1H3,(H,15,16). The molecule has 0 aliphatic carbocycles. The van der Waals surface area contributed by atoms with Crippen LogP contribution in [0.2, 0.25) is 0 Å². The molecule has 0 spiro atoms. The number of benzene rings is 1. The Kier molecular flexibility index (Phi) is 5.30. The number of carboxylic acid groups (broad SMARTS) is 1. The van der Waals surface area contributed by atoms with E-state index < -0.39 is 23.7 Å². The molecule has 0 aliphatic rings. The third-order valence-electron chi connectivity index (χ3n) is 2.49. The van der Waals surface area contributed by atoms with Gasteiger partial charge in [-0.15, -0.1) is 0 Å². The molecule has 1 unspecified atom stereocenters. The lowest BCUT2D eigenvalue weighted by molar-refractivity contribution is -0.145. The smallest absolute Gasteiger partial charge is 0.313 e. The molecule has 0 heterocycles. The van der Waals surface area contributed by atoms with E-state index in [0.29, 0.717) is 5.56 Å². The molecule has 0 bridgehead atoms. The second kappa shape index (κ2) is 6.74. The molecule has 1 aromatic rings. The van der Waals surface area contributed by atoms with Crippen LogP contribution in [0.5, 0.6) is 0 Å². The van der Waals surface area contributed by atoms with E-state index in [1.54, 1.807) is 6.92 Å². The van der Waals surface area contributed by atoms with E-state index in [9.17, 15) is 14.0 Å². The van der Waals surface area contributed by atoms with Crippen molar-refractivity contribution in [3.05, 3.63) is 35.6 Å². The highest BCUT2D eigenvalue weighted by Gasteiger charge is 2.22. The van der Waals surface area contributed by atoms with E-state index in [1.807, 2.05) is 0 Å². The monoisotopic (exact) mass is 254 g/mol. The molecular weight excluding hydrogens is 239 g/mol. The van der Waals surface area contributed by atoms with Crippen LogP contribution in [0.15, 0.2) is 24.3 Å². The predicted molar refractivity (Wildman–Crippen MR) is 62.6 cm³/mol. The molecule has 1 atom stereocenters. The molecule has 0 saturated carbocycles. The Hall–Kier alpha value is -1.91. The molecule has 0 aliphatic heterocycles. The molecule has 0 fully saturated rings. The molecule has 0 amide bonds. The van der Waals surface area contributed by atoms with Crippen LogP contribution < -0.4 is 0 Å². The van der Waals surface area contributed by atoms with Crippen molar-refractivity contribution in [3.63, 3.8) is 0 Å². The highest BCUT2D eigenvalue weighted by Crippen LogP contribution is 2.23. The van der Waals surface area contributed by atoms with Gasteiger partial charge in [-0.2, -0.15) is 0 Å². The van der Waals surface area contributed by atoms with Crippen LogP contribution in [0.25, 0.3) is 0 Å². The van der Waals surface area contributed by atoms with Gasteiger partial charge in [-0.05, 0) is 31.0 Å². The number of esters is 1. The number of hydrogen-bond donors (Lipinski definition) is 1. The summed E-state index contributed by atoms with van der Waals surface area (Å²) < 4.78 is 17.7. The van der Waals surface area contributed by atoms with Gasteiger partial charge in [0.05, 0.1) is 12.5 Å². The van der Waals surface area contributed by atoms with Gasteiger partial charge in [0.15, 0.2) is 0 Å². The molecule has 1 aromatic carbocycles. The summed E-state index contributed by atoms with van der Waals surface area (Å²) in [6.07, 6.45) is 0.000651. The minimum atomic E-state index is -0.980. The summed E-state index contributed by atoms with van der Waals surface area (Å²) in [6, 6.07) is 5.42. The fourth-order valence-corrected chi connectivity index (χ4v) is 1.63. The molecule has 18 heavy (non-hydrogen) atoms. The molecule has 0 saturated heterocycles. The van der Waals surface area contributed by atoms with Gasteiger partial charge in [0.25, 0.3) is 0 Å². The summed E-state index contributed by atoms with van der Waals surface area (Å²) in [7, 11) is 0. The van der Waals surface area contributed by atoms with Crippen molar-refractivity contribution in [1.29, 1.82) is 0 Å². The zero-order valence-electron chi connectivity index (χ0n) is 10.1. The summed E-state index contributed by atoms with van der Waals surface area (Å²) in [4.78, 5) is 22.3. The van der Waals surface area contributed by atoms with E-state index in [4.69, 9.17) is 9.84 Å². The number of aliphatic carboxylic acids is 1. The first-order valence-electron chi connectivity index (χ1n) is 5.68. The first-order chi connectivity index (χ1) is 8.54. The van der Waals surface area contributed by atoms with Gasteiger partial charge in [0.1, 0.15) is 5.82 Å². The SMILES string of the molecule is CCOC(=O)C(CCC(=O)O)c1ccc(F)cc1. The van der Waals surface area contributed by atoms with Gasteiger partial charge in [-0.1, -0.05) is 12.1 Å². The van der Waals surface area contributed by atoms with Crippen LogP contribution in [-0.2, 0) is 14.3 Å². The molecule has 0 radical (unpaired) electrons. The van der Waals surface area contributed by atoms with Gasteiger partial charge >= 0.3 is 11.9 Å². The number of rotatable bonds is 6. The zero-order chi connectivity index (χ0) is 13.5. The van der Waals surface area contributed by atoms with Crippen LogP contribution in [0.4, 0.5) is 4.39 Å². The fourth-order valence-electron chi connectivity index (χ4n) is 1.63. The summed E-state index contributed by atoms with van der Waals surface area (Å²) in [5, 5.41) is 8.65. The van der Waals surface area contributed by atoms with Gasteiger partial charge in [0.2, 0.25) is 0 Å². The first-order valence-corrected chi connectivity index (χ1v) is 5.68. The van der Waals surface area contributed by atoms with E-state index in [0.717, 1.165) is 0 Å². The van der Waals surface area contributed by atoms with E-state index in [1.165, 1.54) is 24.3 Å². The number of carbonyl (C=O) groups excluding carboxylic acids is 1. The van der Waals surface area contributed by atoms with Crippen LogP contribution in [0, 0.1) is 5.82 Å².